The zero-order valence-corrected chi connectivity index (χ0v) is 15.2. The maximum atomic E-state index is 12.0. The van der Waals surface area contributed by atoms with Crippen LogP contribution in [0, 0.1) is 6.92 Å². The van der Waals surface area contributed by atoms with Crippen molar-refractivity contribution in [1.29, 1.82) is 0 Å². The van der Waals surface area contributed by atoms with Crippen LogP contribution in [-0.4, -0.2) is 28.1 Å². The van der Waals surface area contributed by atoms with Gasteiger partial charge in [-0.2, -0.15) is 0 Å². The van der Waals surface area contributed by atoms with Crippen molar-refractivity contribution in [3.8, 4) is 0 Å². The molecule has 1 heterocycles. The minimum absolute atomic E-state index is 0.124. The molecule has 0 aliphatic heterocycles. The zero-order chi connectivity index (χ0) is 18.0. The second kappa shape index (κ2) is 7.23. The number of aryl methyl sites for hydroxylation is 2. The van der Waals surface area contributed by atoms with Crippen LogP contribution in [0.4, 0.5) is 0 Å². The molecule has 3 rings (SSSR count). The van der Waals surface area contributed by atoms with Crippen molar-refractivity contribution in [2.45, 2.75) is 25.1 Å². The van der Waals surface area contributed by atoms with Crippen LogP contribution in [0.25, 0.3) is 11.0 Å². The summed E-state index contributed by atoms with van der Waals surface area (Å²) < 4.78 is 6.63. The third kappa shape index (κ3) is 3.51. The molecule has 1 atom stereocenters. The number of benzene rings is 2. The van der Waals surface area contributed by atoms with Gasteiger partial charge in [0.15, 0.2) is 0 Å². The van der Waals surface area contributed by atoms with E-state index in [0.717, 1.165) is 33.3 Å². The van der Waals surface area contributed by atoms with Crippen molar-refractivity contribution in [3.05, 3.63) is 58.7 Å². The van der Waals surface area contributed by atoms with Crippen LogP contribution in [0.3, 0.4) is 0 Å². The molecule has 1 unspecified atom stereocenters. The number of nitrogens with zero attached hydrogens (tertiary/aromatic N) is 3. The highest BCUT2D eigenvalue weighted by atomic mass is 35.5. The fraction of sp³-hybridized carbons (Fsp3) is 0.316. The Morgan fingerprint density at radius 3 is 2.68 bits per heavy atom. The number of carbonyl (C=O) groups is 1. The molecule has 1 aromatic heterocycles. The van der Waals surface area contributed by atoms with Gasteiger partial charge < -0.3 is 4.74 Å². The third-order valence-corrected chi connectivity index (χ3v) is 4.84. The monoisotopic (exact) mass is 357 g/mol. The molecule has 130 valence electrons. The number of alkyl halides is 1. The van der Waals surface area contributed by atoms with Gasteiger partial charge in [0.1, 0.15) is 5.52 Å². The van der Waals surface area contributed by atoms with Gasteiger partial charge in [0.05, 0.1) is 19.0 Å². The van der Waals surface area contributed by atoms with Gasteiger partial charge in [0.2, 0.25) is 0 Å². The van der Waals surface area contributed by atoms with Crippen LogP contribution in [0.15, 0.2) is 36.4 Å². The molecule has 0 N–H and O–H groups in total. The number of esters is 1. The Bertz CT molecular complexity index is 920. The summed E-state index contributed by atoms with van der Waals surface area (Å²) >= 11 is 6.06. The maximum Gasteiger partial charge on any atom is 0.306 e. The molecule has 5 nitrogen and oxygen atoms in total. The molecule has 0 bridgehead atoms. The van der Waals surface area contributed by atoms with Gasteiger partial charge in [0, 0.05) is 18.8 Å². The lowest BCUT2D eigenvalue weighted by atomic mass is 9.87. The van der Waals surface area contributed by atoms with Crippen LogP contribution in [0.5, 0.6) is 0 Å². The first-order valence-electron chi connectivity index (χ1n) is 8.05. The molecule has 0 saturated heterocycles. The van der Waals surface area contributed by atoms with E-state index in [1.54, 1.807) is 4.68 Å². The van der Waals surface area contributed by atoms with E-state index >= 15 is 0 Å². The van der Waals surface area contributed by atoms with Crippen molar-refractivity contribution < 1.29 is 9.53 Å². The van der Waals surface area contributed by atoms with Gasteiger partial charge >= 0.3 is 5.97 Å². The molecule has 25 heavy (non-hydrogen) atoms. The van der Waals surface area contributed by atoms with E-state index < -0.39 is 0 Å². The predicted molar refractivity (Wildman–Crippen MR) is 97.7 cm³/mol. The van der Waals surface area contributed by atoms with Gasteiger partial charge in [-0.05, 0) is 41.3 Å². The highest BCUT2D eigenvalue weighted by Crippen LogP contribution is 2.31. The second-order valence-corrected chi connectivity index (χ2v) is 6.38. The summed E-state index contributed by atoms with van der Waals surface area (Å²) in [5, 5.41) is 8.22. The number of ether oxygens (including phenoxy) is 1. The van der Waals surface area contributed by atoms with Crippen LogP contribution in [-0.2, 0) is 22.5 Å². The first kappa shape index (κ1) is 17.4. The smallest absolute Gasteiger partial charge is 0.306 e. The number of aromatic nitrogens is 3. The van der Waals surface area contributed by atoms with Crippen molar-refractivity contribution in [3.63, 3.8) is 0 Å². The molecule has 0 fully saturated rings. The first-order chi connectivity index (χ1) is 12.0. The van der Waals surface area contributed by atoms with Gasteiger partial charge in [-0.15, -0.1) is 16.7 Å². The predicted octanol–water partition coefficient (Wildman–Crippen LogP) is 3.71. The van der Waals surface area contributed by atoms with E-state index in [1.165, 1.54) is 7.11 Å². The number of rotatable bonds is 5. The largest absolute Gasteiger partial charge is 0.469 e. The lowest BCUT2D eigenvalue weighted by Crippen LogP contribution is -2.10. The van der Waals surface area contributed by atoms with E-state index in [1.807, 2.05) is 44.3 Å². The van der Waals surface area contributed by atoms with Crippen LogP contribution in [0.2, 0.25) is 0 Å². The highest BCUT2D eigenvalue weighted by Gasteiger charge is 2.20. The lowest BCUT2D eigenvalue weighted by Gasteiger charge is -2.18. The fourth-order valence-corrected chi connectivity index (χ4v) is 3.29. The van der Waals surface area contributed by atoms with Crippen molar-refractivity contribution in [1.82, 2.24) is 15.0 Å². The Morgan fingerprint density at radius 1 is 1.24 bits per heavy atom. The van der Waals surface area contributed by atoms with Crippen LogP contribution < -0.4 is 0 Å². The highest BCUT2D eigenvalue weighted by molar-refractivity contribution is 6.17. The molecule has 0 radical (unpaired) electrons. The molecule has 6 heteroatoms. The van der Waals surface area contributed by atoms with E-state index in [9.17, 15) is 4.79 Å². The normalized spacial score (nSPS) is 12.3. The van der Waals surface area contributed by atoms with E-state index in [4.69, 9.17) is 16.3 Å². The summed E-state index contributed by atoms with van der Waals surface area (Å²) in [5.74, 6) is 0.0621. The number of halogens is 1. The number of methoxy groups -OCH3 is 1. The first-order valence-corrected chi connectivity index (χ1v) is 8.58. The molecule has 0 amide bonds. The van der Waals surface area contributed by atoms with E-state index in [0.29, 0.717) is 5.88 Å². The Morgan fingerprint density at radius 2 is 1.96 bits per heavy atom. The second-order valence-electron chi connectivity index (χ2n) is 6.11. The summed E-state index contributed by atoms with van der Waals surface area (Å²) in [6.45, 7) is 2.03. The molecule has 0 aliphatic rings. The summed E-state index contributed by atoms with van der Waals surface area (Å²) in [4.78, 5) is 12.0. The van der Waals surface area contributed by atoms with Gasteiger partial charge in [0.25, 0.3) is 0 Å². The summed E-state index contributed by atoms with van der Waals surface area (Å²) in [6, 6.07) is 12.1. The zero-order valence-electron chi connectivity index (χ0n) is 14.5. The van der Waals surface area contributed by atoms with E-state index in [2.05, 4.69) is 16.4 Å². The molecule has 0 aliphatic carbocycles. The van der Waals surface area contributed by atoms with Gasteiger partial charge in [-0.1, -0.05) is 29.5 Å². The fourth-order valence-electron chi connectivity index (χ4n) is 3.00. The van der Waals surface area contributed by atoms with Crippen LogP contribution in [0.1, 0.15) is 34.6 Å². The quantitative estimate of drug-likeness (QED) is 0.516. The Balaban J connectivity index is 2.08. The van der Waals surface area contributed by atoms with Crippen molar-refractivity contribution >= 4 is 28.6 Å². The molecule has 0 spiro atoms. The van der Waals surface area contributed by atoms with Gasteiger partial charge in [-0.25, -0.2) is 4.68 Å². The maximum absolute atomic E-state index is 12.0. The van der Waals surface area contributed by atoms with Crippen LogP contribution >= 0.6 is 11.6 Å². The Hall–Kier alpha value is -2.40. The average Bonchev–Trinajstić information content (AvgIpc) is 3.00. The molecular weight excluding hydrogens is 338 g/mol. The molecular formula is C19H20ClN3O2. The van der Waals surface area contributed by atoms with Gasteiger partial charge in [-0.3, -0.25) is 4.79 Å². The van der Waals surface area contributed by atoms with Crippen molar-refractivity contribution in [2.24, 2.45) is 7.05 Å². The third-order valence-electron chi connectivity index (χ3n) is 4.56. The minimum Gasteiger partial charge on any atom is -0.469 e. The average molecular weight is 358 g/mol. The SMILES string of the molecule is COC(=O)CC(c1ccc(C)c(CCl)c1)c1ccc2c(c1)nnn2C. The summed E-state index contributed by atoms with van der Waals surface area (Å²) in [5.41, 5.74) is 6.00. The number of hydrogen-bond acceptors (Lipinski definition) is 4. The Labute approximate surface area is 151 Å². The number of carbonyl (C=O) groups excluding carboxylic acids is 1. The van der Waals surface area contributed by atoms with Crippen molar-refractivity contribution in [2.75, 3.05) is 7.11 Å². The Kier molecular flexibility index (Phi) is 5.04. The molecule has 0 saturated carbocycles. The summed E-state index contributed by atoms with van der Waals surface area (Å²) in [7, 11) is 3.26. The minimum atomic E-state index is -0.253. The number of hydrogen-bond donors (Lipinski definition) is 0. The molecule has 3 aromatic rings. The topological polar surface area (TPSA) is 57.0 Å². The standard InChI is InChI=1S/C19H20ClN3O2/c1-12-4-5-13(8-15(12)11-20)16(10-19(24)25-3)14-6-7-18-17(9-14)21-22-23(18)2/h4-9,16H,10-11H2,1-3H3. The lowest BCUT2D eigenvalue weighted by molar-refractivity contribution is -0.140. The molecule has 2 aromatic carbocycles. The van der Waals surface area contributed by atoms with E-state index in [-0.39, 0.29) is 18.3 Å². The summed E-state index contributed by atoms with van der Waals surface area (Å²) in [6.07, 6.45) is 0.257. The number of fused-ring (bicyclic) bond motifs is 1.